The van der Waals surface area contributed by atoms with E-state index in [9.17, 15) is 18.3 Å². The molecule has 2 N–H and O–H groups in total. The Kier molecular flexibility index (Phi) is 8.39. The quantitative estimate of drug-likeness (QED) is 0.418. The average Bonchev–Trinajstić information content (AvgIpc) is 3.29. The summed E-state index contributed by atoms with van der Waals surface area (Å²) in [6.45, 7) is 6.84. The molecule has 0 amide bonds. The molecule has 1 aliphatic carbocycles. The molecule has 2 aromatic heterocycles. The number of benzene rings is 1. The van der Waals surface area contributed by atoms with Crippen molar-refractivity contribution in [2.75, 3.05) is 38.5 Å². The summed E-state index contributed by atoms with van der Waals surface area (Å²) >= 11 is 0. The minimum Gasteiger partial charge on any atom is -0.393 e. The van der Waals surface area contributed by atoms with Gasteiger partial charge in [-0.2, -0.15) is 23.3 Å². The van der Waals surface area contributed by atoms with Gasteiger partial charge in [0.2, 0.25) is 5.95 Å². The Morgan fingerprint density at radius 2 is 1.74 bits per heavy atom. The number of alkyl halides is 3. The molecule has 39 heavy (non-hydrogen) atoms. The average molecular weight is 546 g/mol. The van der Waals surface area contributed by atoms with Gasteiger partial charge in [-0.15, -0.1) is 0 Å². The van der Waals surface area contributed by atoms with Gasteiger partial charge in [0, 0.05) is 44.5 Å². The molecule has 212 valence electrons. The van der Waals surface area contributed by atoms with Crippen LogP contribution in [0.4, 0.5) is 19.1 Å². The topological polar surface area (TPSA) is 82.3 Å². The molecule has 1 aromatic carbocycles. The third kappa shape index (κ3) is 6.53. The lowest BCUT2D eigenvalue weighted by atomic mass is 9.93. The van der Waals surface area contributed by atoms with E-state index >= 15 is 0 Å². The fourth-order valence-electron chi connectivity index (χ4n) is 5.56. The molecule has 1 saturated heterocycles. The lowest BCUT2D eigenvalue weighted by Crippen LogP contribution is -2.43. The number of fused-ring (bicyclic) bond motifs is 1. The first-order valence-electron chi connectivity index (χ1n) is 14.0. The van der Waals surface area contributed by atoms with Gasteiger partial charge in [0.15, 0.2) is 5.65 Å². The van der Waals surface area contributed by atoms with Crippen LogP contribution < -0.4 is 5.32 Å². The number of likely N-dealkylation sites (N-methyl/N-ethyl adjacent to an activating group) is 1. The molecular weight excluding hydrogens is 507 g/mol. The van der Waals surface area contributed by atoms with Gasteiger partial charge in [-0.25, -0.2) is 9.67 Å². The summed E-state index contributed by atoms with van der Waals surface area (Å²) in [6.07, 6.45) is -0.0406. The van der Waals surface area contributed by atoms with E-state index in [2.05, 4.69) is 56.4 Å². The normalized spacial score (nSPS) is 22.3. The summed E-state index contributed by atoms with van der Waals surface area (Å²) in [5, 5.41) is 18.2. The maximum atomic E-state index is 13.6. The molecule has 0 radical (unpaired) electrons. The molecule has 3 aromatic rings. The summed E-state index contributed by atoms with van der Waals surface area (Å²) in [4.78, 5) is 13.6. The first-order chi connectivity index (χ1) is 18.7. The van der Waals surface area contributed by atoms with Crippen molar-refractivity contribution in [1.82, 2.24) is 29.5 Å². The summed E-state index contributed by atoms with van der Waals surface area (Å²) in [6, 6.07) is 6.63. The van der Waals surface area contributed by atoms with Gasteiger partial charge < -0.3 is 15.3 Å². The second kappa shape index (κ2) is 11.8. The van der Waals surface area contributed by atoms with Crippen LogP contribution in [0.1, 0.15) is 57.1 Å². The van der Waals surface area contributed by atoms with Crippen LogP contribution in [0.5, 0.6) is 0 Å². The van der Waals surface area contributed by atoms with Crippen LogP contribution in [0.3, 0.4) is 0 Å². The smallest absolute Gasteiger partial charge is 0.393 e. The Hall–Kier alpha value is -2.76. The van der Waals surface area contributed by atoms with Crippen molar-refractivity contribution in [3.8, 4) is 11.3 Å². The van der Waals surface area contributed by atoms with Crippen molar-refractivity contribution < 1.29 is 18.3 Å². The summed E-state index contributed by atoms with van der Waals surface area (Å²) in [7, 11) is 2.15. The molecular formula is C28H38F3N7O. The molecule has 3 heterocycles. The highest BCUT2D eigenvalue weighted by Crippen LogP contribution is 2.35. The molecule has 2 aliphatic rings. The van der Waals surface area contributed by atoms with Crippen LogP contribution in [0.2, 0.25) is 0 Å². The largest absolute Gasteiger partial charge is 0.408 e. The Morgan fingerprint density at radius 1 is 1.05 bits per heavy atom. The number of hydrogen-bond donors (Lipinski definition) is 2. The Labute approximate surface area is 227 Å². The number of rotatable bonds is 8. The van der Waals surface area contributed by atoms with Crippen LogP contribution in [0.15, 0.2) is 30.5 Å². The Morgan fingerprint density at radius 3 is 2.38 bits per heavy atom. The zero-order valence-electron chi connectivity index (χ0n) is 22.7. The SMILES string of the molecule is CCC[C@@H](Nc1ncc2c(-c3ccc(CN4CCN(C)CC4)cc3)nn(C3CCC(O)CC3)c2n1)C(F)(F)F. The van der Waals surface area contributed by atoms with Gasteiger partial charge in [-0.3, -0.25) is 4.90 Å². The van der Waals surface area contributed by atoms with Gasteiger partial charge in [-0.05, 0) is 44.7 Å². The molecule has 11 heteroatoms. The first kappa shape index (κ1) is 27.8. The maximum absolute atomic E-state index is 13.6. The number of hydrogen-bond acceptors (Lipinski definition) is 7. The van der Waals surface area contributed by atoms with Crippen LogP contribution >= 0.6 is 0 Å². The molecule has 8 nitrogen and oxygen atoms in total. The van der Waals surface area contributed by atoms with Gasteiger partial charge in [-0.1, -0.05) is 37.6 Å². The highest BCUT2D eigenvalue weighted by molar-refractivity contribution is 5.91. The number of aromatic nitrogens is 4. The Bertz CT molecular complexity index is 1230. The van der Waals surface area contributed by atoms with Crippen molar-refractivity contribution in [2.24, 2.45) is 0 Å². The van der Waals surface area contributed by atoms with E-state index in [1.54, 1.807) is 13.1 Å². The minimum absolute atomic E-state index is 0.0120. The molecule has 1 saturated carbocycles. The fourth-order valence-corrected chi connectivity index (χ4v) is 5.56. The lowest BCUT2D eigenvalue weighted by Gasteiger charge is -2.32. The second-order valence-electron chi connectivity index (χ2n) is 11.0. The van der Waals surface area contributed by atoms with Crippen molar-refractivity contribution in [3.63, 3.8) is 0 Å². The van der Waals surface area contributed by atoms with E-state index in [-0.39, 0.29) is 24.5 Å². The summed E-state index contributed by atoms with van der Waals surface area (Å²) in [5.41, 5.74) is 3.38. The molecule has 2 fully saturated rings. The second-order valence-corrected chi connectivity index (χ2v) is 11.0. The van der Waals surface area contributed by atoms with Crippen LogP contribution in [-0.2, 0) is 6.54 Å². The van der Waals surface area contributed by atoms with Crippen molar-refractivity contribution in [2.45, 2.75) is 76.4 Å². The molecule has 0 bridgehead atoms. The number of halogens is 3. The summed E-state index contributed by atoms with van der Waals surface area (Å²) < 4.78 is 42.6. The van der Waals surface area contributed by atoms with Crippen LogP contribution in [-0.4, -0.2) is 86.2 Å². The van der Waals surface area contributed by atoms with E-state index in [1.165, 1.54) is 5.56 Å². The van der Waals surface area contributed by atoms with Gasteiger partial charge >= 0.3 is 6.18 Å². The molecule has 5 rings (SSSR count). The van der Waals surface area contributed by atoms with E-state index < -0.39 is 12.2 Å². The number of aliphatic hydroxyl groups excluding tert-OH is 1. The van der Waals surface area contributed by atoms with E-state index in [0.29, 0.717) is 30.3 Å². The molecule has 0 unspecified atom stereocenters. The van der Waals surface area contributed by atoms with E-state index in [4.69, 9.17) is 5.10 Å². The van der Waals surface area contributed by atoms with E-state index in [1.807, 2.05) is 4.68 Å². The highest BCUT2D eigenvalue weighted by atomic mass is 19.4. The van der Waals surface area contributed by atoms with Gasteiger partial charge in [0.25, 0.3) is 0 Å². The molecule has 1 atom stereocenters. The maximum Gasteiger partial charge on any atom is 0.408 e. The number of anilines is 1. The zero-order chi connectivity index (χ0) is 27.6. The molecule has 1 aliphatic heterocycles. The Balaban J connectivity index is 1.45. The standard InChI is InChI=1S/C28H38F3N7O/c1-3-4-24(28(29,30)31)33-27-32-17-23-25(35-38(26(23)34-27)21-9-11-22(39)12-10-21)20-7-5-19(6-8-20)18-37-15-13-36(2)14-16-37/h5-8,17,21-22,24,39H,3-4,9-16,18H2,1-2H3,(H,32,33,34)/t21?,22?,24-/m1/s1. The van der Waals surface area contributed by atoms with Gasteiger partial charge in [0.05, 0.1) is 17.5 Å². The van der Waals surface area contributed by atoms with Gasteiger partial charge in [0.1, 0.15) is 11.7 Å². The van der Waals surface area contributed by atoms with Crippen molar-refractivity contribution in [3.05, 3.63) is 36.0 Å². The zero-order valence-corrected chi connectivity index (χ0v) is 22.7. The third-order valence-corrected chi connectivity index (χ3v) is 7.97. The third-order valence-electron chi connectivity index (χ3n) is 7.97. The van der Waals surface area contributed by atoms with Crippen LogP contribution in [0, 0.1) is 0 Å². The lowest BCUT2D eigenvalue weighted by molar-refractivity contribution is -0.143. The fraction of sp³-hybridized carbons (Fsp3) is 0.607. The minimum atomic E-state index is -4.40. The predicted molar refractivity (Wildman–Crippen MR) is 145 cm³/mol. The number of nitrogens with zero attached hydrogens (tertiary/aromatic N) is 6. The molecule has 0 spiro atoms. The predicted octanol–water partition coefficient (Wildman–Crippen LogP) is 4.86. The van der Waals surface area contributed by atoms with Crippen molar-refractivity contribution >= 4 is 17.0 Å². The van der Waals surface area contributed by atoms with Crippen LogP contribution in [0.25, 0.3) is 22.3 Å². The summed E-state index contributed by atoms with van der Waals surface area (Å²) in [5.74, 6) is -0.0515. The van der Waals surface area contributed by atoms with E-state index in [0.717, 1.165) is 56.8 Å². The monoisotopic (exact) mass is 545 g/mol. The number of aliphatic hydroxyl groups is 1. The number of piperazine rings is 1. The highest BCUT2D eigenvalue weighted by Gasteiger charge is 2.39. The first-order valence-corrected chi connectivity index (χ1v) is 14.0. The number of nitrogens with one attached hydrogen (secondary N) is 1. The van der Waals surface area contributed by atoms with Crippen molar-refractivity contribution in [1.29, 1.82) is 0 Å².